The second-order valence-electron chi connectivity index (χ2n) is 5.21. The van der Waals surface area contributed by atoms with Gasteiger partial charge in [-0.25, -0.2) is 0 Å². The minimum Gasteiger partial charge on any atom is -0.339 e. The van der Waals surface area contributed by atoms with Crippen molar-refractivity contribution >= 4 is 17.7 Å². The number of amides is 1. The summed E-state index contributed by atoms with van der Waals surface area (Å²) in [7, 11) is 0. The van der Waals surface area contributed by atoms with Crippen LogP contribution in [0.5, 0.6) is 0 Å². The van der Waals surface area contributed by atoms with Crippen LogP contribution in [-0.2, 0) is 4.79 Å². The molecule has 1 atom stereocenters. The van der Waals surface area contributed by atoms with Gasteiger partial charge < -0.3 is 4.90 Å². The number of carbonyl (C=O) groups is 1. The van der Waals surface area contributed by atoms with Gasteiger partial charge in [-0.1, -0.05) is 6.92 Å². The topological polar surface area (TPSA) is 63.5 Å². The Hall–Kier alpha value is -2.17. The summed E-state index contributed by atoms with van der Waals surface area (Å²) >= 11 is 0. The number of nitro benzene ring substituents is 1. The molecule has 0 saturated carbocycles. The van der Waals surface area contributed by atoms with E-state index in [-0.39, 0.29) is 11.6 Å². The lowest BCUT2D eigenvalue weighted by atomic mass is 10.0. The van der Waals surface area contributed by atoms with E-state index in [1.807, 2.05) is 4.90 Å². The first kappa shape index (κ1) is 14.2. The Morgan fingerprint density at radius 1 is 1.40 bits per heavy atom. The van der Waals surface area contributed by atoms with E-state index in [2.05, 4.69) is 6.92 Å². The smallest absolute Gasteiger partial charge is 0.269 e. The van der Waals surface area contributed by atoms with Gasteiger partial charge in [0, 0.05) is 31.3 Å². The summed E-state index contributed by atoms with van der Waals surface area (Å²) in [4.78, 5) is 24.0. The highest BCUT2D eigenvalue weighted by atomic mass is 16.6. The molecule has 1 aromatic carbocycles. The van der Waals surface area contributed by atoms with E-state index in [1.165, 1.54) is 18.6 Å². The van der Waals surface area contributed by atoms with Crippen molar-refractivity contribution in [1.82, 2.24) is 4.90 Å². The summed E-state index contributed by atoms with van der Waals surface area (Å²) < 4.78 is 0. The number of nitro groups is 1. The number of non-ortho nitro benzene ring substituents is 1. The van der Waals surface area contributed by atoms with Crippen LogP contribution in [-0.4, -0.2) is 28.8 Å². The molecular weight excluding hydrogens is 256 g/mol. The molecule has 1 amide bonds. The molecule has 2 rings (SSSR count). The second-order valence-corrected chi connectivity index (χ2v) is 5.21. The zero-order chi connectivity index (χ0) is 14.5. The number of carbonyl (C=O) groups excluding carboxylic acids is 1. The first-order valence-electron chi connectivity index (χ1n) is 6.77. The van der Waals surface area contributed by atoms with E-state index < -0.39 is 4.92 Å². The van der Waals surface area contributed by atoms with Crippen molar-refractivity contribution in [3.63, 3.8) is 0 Å². The molecule has 5 nitrogen and oxygen atoms in total. The fourth-order valence-electron chi connectivity index (χ4n) is 2.37. The number of hydrogen-bond acceptors (Lipinski definition) is 3. The number of hydrogen-bond donors (Lipinski definition) is 0. The van der Waals surface area contributed by atoms with Gasteiger partial charge in [0.25, 0.3) is 5.69 Å². The summed E-state index contributed by atoms with van der Waals surface area (Å²) in [5.41, 5.74) is 0.840. The lowest BCUT2D eigenvalue weighted by molar-refractivity contribution is -0.384. The number of rotatable bonds is 3. The average Bonchev–Trinajstić information content (AvgIpc) is 2.45. The first-order valence-corrected chi connectivity index (χ1v) is 6.77. The van der Waals surface area contributed by atoms with E-state index in [0.717, 1.165) is 25.1 Å². The maximum Gasteiger partial charge on any atom is 0.269 e. The highest BCUT2D eigenvalue weighted by molar-refractivity contribution is 5.91. The number of likely N-dealkylation sites (tertiary alicyclic amines) is 1. The van der Waals surface area contributed by atoms with Crippen LogP contribution in [0.15, 0.2) is 30.3 Å². The van der Waals surface area contributed by atoms with Crippen molar-refractivity contribution in [3.8, 4) is 0 Å². The molecular formula is C15H18N2O3. The SMILES string of the molecule is CC1CCCN(C(=O)C=Cc2ccc([N+](=O)[O-])cc2)C1. The van der Waals surface area contributed by atoms with E-state index in [4.69, 9.17) is 0 Å². The molecule has 0 radical (unpaired) electrons. The zero-order valence-electron chi connectivity index (χ0n) is 11.5. The van der Waals surface area contributed by atoms with Crippen molar-refractivity contribution in [2.75, 3.05) is 13.1 Å². The number of piperidine rings is 1. The molecule has 20 heavy (non-hydrogen) atoms. The fraction of sp³-hybridized carbons (Fsp3) is 0.400. The fourth-order valence-corrected chi connectivity index (χ4v) is 2.37. The van der Waals surface area contributed by atoms with Gasteiger partial charge in [0.15, 0.2) is 0 Å². The van der Waals surface area contributed by atoms with Gasteiger partial charge in [0.1, 0.15) is 0 Å². The Morgan fingerprint density at radius 3 is 2.70 bits per heavy atom. The number of nitrogens with zero attached hydrogens (tertiary/aromatic N) is 2. The molecule has 0 spiro atoms. The Morgan fingerprint density at radius 2 is 2.10 bits per heavy atom. The summed E-state index contributed by atoms with van der Waals surface area (Å²) in [5, 5.41) is 10.5. The van der Waals surface area contributed by atoms with Crippen LogP contribution < -0.4 is 0 Å². The Bertz CT molecular complexity index is 522. The summed E-state index contributed by atoms with van der Waals surface area (Å²) in [5.74, 6) is 0.565. The second kappa shape index (κ2) is 6.32. The molecule has 5 heteroatoms. The molecule has 1 heterocycles. The van der Waals surface area contributed by atoms with Gasteiger partial charge in [-0.2, -0.15) is 0 Å². The lowest BCUT2D eigenvalue weighted by Crippen LogP contribution is -2.38. The third-order valence-corrected chi connectivity index (χ3v) is 3.49. The molecule has 1 saturated heterocycles. The molecule has 1 aliphatic rings. The van der Waals surface area contributed by atoms with Gasteiger partial charge in [-0.05, 0) is 42.5 Å². The van der Waals surface area contributed by atoms with Gasteiger partial charge in [-0.15, -0.1) is 0 Å². The van der Waals surface area contributed by atoms with E-state index in [0.29, 0.717) is 5.92 Å². The molecule has 0 N–H and O–H groups in total. The van der Waals surface area contributed by atoms with Crippen LogP contribution in [0, 0.1) is 16.0 Å². The third-order valence-electron chi connectivity index (χ3n) is 3.49. The molecule has 1 unspecified atom stereocenters. The standard InChI is InChI=1S/C15H18N2O3/c1-12-3-2-10-16(11-12)15(18)9-6-13-4-7-14(8-5-13)17(19)20/h4-9,12H,2-3,10-11H2,1H3. The van der Waals surface area contributed by atoms with Crippen LogP contribution in [0.2, 0.25) is 0 Å². The van der Waals surface area contributed by atoms with Crippen molar-refractivity contribution in [1.29, 1.82) is 0 Å². The lowest BCUT2D eigenvalue weighted by Gasteiger charge is -2.30. The molecule has 1 aromatic rings. The Labute approximate surface area is 118 Å². The third kappa shape index (κ3) is 3.66. The average molecular weight is 274 g/mol. The first-order chi connectivity index (χ1) is 9.56. The van der Waals surface area contributed by atoms with Crippen LogP contribution in [0.25, 0.3) is 6.08 Å². The highest BCUT2D eigenvalue weighted by Gasteiger charge is 2.18. The molecule has 1 fully saturated rings. The maximum atomic E-state index is 12.0. The number of benzene rings is 1. The molecule has 106 valence electrons. The Kier molecular flexibility index (Phi) is 4.50. The normalized spacial score (nSPS) is 19.2. The predicted octanol–water partition coefficient (Wildman–Crippen LogP) is 2.87. The van der Waals surface area contributed by atoms with Crippen LogP contribution >= 0.6 is 0 Å². The predicted molar refractivity (Wildman–Crippen MR) is 77.1 cm³/mol. The largest absolute Gasteiger partial charge is 0.339 e. The minimum absolute atomic E-state index is 0.00917. The summed E-state index contributed by atoms with van der Waals surface area (Å²) in [6, 6.07) is 6.15. The molecule has 0 bridgehead atoms. The Balaban J connectivity index is 1.97. The van der Waals surface area contributed by atoms with Crippen molar-refractivity contribution in [2.45, 2.75) is 19.8 Å². The van der Waals surface area contributed by atoms with Crippen LogP contribution in [0.1, 0.15) is 25.3 Å². The molecule has 0 aliphatic carbocycles. The van der Waals surface area contributed by atoms with Gasteiger partial charge in [0.05, 0.1) is 4.92 Å². The van der Waals surface area contributed by atoms with E-state index >= 15 is 0 Å². The van der Waals surface area contributed by atoms with Crippen LogP contribution in [0.3, 0.4) is 0 Å². The highest BCUT2D eigenvalue weighted by Crippen LogP contribution is 2.16. The van der Waals surface area contributed by atoms with Crippen molar-refractivity contribution in [2.24, 2.45) is 5.92 Å². The summed E-state index contributed by atoms with van der Waals surface area (Å²) in [6.45, 7) is 3.77. The van der Waals surface area contributed by atoms with Gasteiger partial charge >= 0.3 is 0 Å². The molecule has 0 aromatic heterocycles. The summed E-state index contributed by atoms with van der Waals surface area (Å²) in [6.07, 6.45) is 5.47. The van der Waals surface area contributed by atoms with E-state index in [9.17, 15) is 14.9 Å². The van der Waals surface area contributed by atoms with Crippen molar-refractivity contribution < 1.29 is 9.72 Å². The van der Waals surface area contributed by atoms with Crippen molar-refractivity contribution in [3.05, 3.63) is 46.0 Å². The van der Waals surface area contributed by atoms with Gasteiger partial charge in [-0.3, -0.25) is 14.9 Å². The quantitative estimate of drug-likeness (QED) is 0.483. The molecule has 1 aliphatic heterocycles. The maximum absolute atomic E-state index is 12.0. The van der Waals surface area contributed by atoms with Crippen LogP contribution in [0.4, 0.5) is 5.69 Å². The monoisotopic (exact) mass is 274 g/mol. The van der Waals surface area contributed by atoms with Gasteiger partial charge in [0.2, 0.25) is 5.91 Å². The minimum atomic E-state index is -0.437. The van der Waals surface area contributed by atoms with E-state index in [1.54, 1.807) is 24.3 Å². The zero-order valence-corrected chi connectivity index (χ0v) is 11.5.